The van der Waals surface area contributed by atoms with E-state index in [0.717, 1.165) is 0 Å². The van der Waals surface area contributed by atoms with Gasteiger partial charge in [-0.3, -0.25) is 24.5 Å². The molecular formula is C12H20N2O6. The number of carbonyl (C=O) groups excluding carboxylic acids is 2. The predicted octanol–water partition coefficient (Wildman–Crippen LogP) is -1.11. The van der Waals surface area contributed by atoms with Gasteiger partial charge in [-0.25, -0.2) is 0 Å². The van der Waals surface area contributed by atoms with Gasteiger partial charge in [0, 0.05) is 0 Å². The standard InChI is InChI=1S/C7H15NO2.C5H5NO4/c1-5(2)4-6(8-3)7(9)10;7-2-1-6-3(4(2)8)5(9)10/h5-6,8H,4H2,1-3H3,(H,9,10);3,6H,1H2,(H,9,10)/t6-;3-/m00/s1. The van der Waals surface area contributed by atoms with Crippen LogP contribution in [-0.2, 0) is 19.2 Å². The first kappa shape index (κ1) is 18.2. The molecule has 2 atom stereocenters. The van der Waals surface area contributed by atoms with E-state index in [1.54, 1.807) is 7.05 Å². The van der Waals surface area contributed by atoms with Gasteiger partial charge in [-0.15, -0.1) is 0 Å². The first-order valence-electron chi connectivity index (χ1n) is 6.14. The highest BCUT2D eigenvalue weighted by Gasteiger charge is 2.36. The molecule has 0 unspecified atom stereocenters. The second kappa shape index (κ2) is 8.39. The predicted molar refractivity (Wildman–Crippen MR) is 69.4 cm³/mol. The number of carboxylic acids is 2. The third kappa shape index (κ3) is 5.89. The van der Waals surface area contributed by atoms with Crippen molar-refractivity contribution in [3.63, 3.8) is 0 Å². The van der Waals surface area contributed by atoms with Crippen LogP contribution in [-0.4, -0.2) is 59.4 Å². The van der Waals surface area contributed by atoms with Gasteiger partial charge in [-0.1, -0.05) is 13.8 Å². The van der Waals surface area contributed by atoms with E-state index < -0.39 is 29.5 Å². The van der Waals surface area contributed by atoms with Gasteiger partial charge in [-0.2, -0.15) is 0 Å². The summed E-state index contributed by atoms with van der Waals surface area (Å²) in [5.74, 6) is -3.15. The second-order valence-electron chi connectivity index (χ2n) is 4.75. The minimum absolute atomic E-state index is 0.157. The van der Waals surface area contributed by atoms with Crippen LogP contribution in [0, 0.1) is 5.92 Å². The lowest BCUT2D eigenvalue weighted by Crippen LogP contribution is -2.35. The van der Waals surface area contributed by atoms with Crippen molar-refractivity contribution in [1.29, 1.82) is 0 Å². The Bertz CT molecular complexity index is 393. The Morgan fingerprint density at radius 1 is 1.35 bits per heavy atom. The highest BCUT2D eigenvalue weighted by atomic mass is 16.4. The maximum Gasteiger partial charge on any atom is 0.329 e. The number of Topliss-reactive ketones (excluding diaryl/α,β-unsaturated/α-hetero) is 2. The van der Waals surface area contributed by atoms with Crippen molar-refractivity contribution in [2.45, 2.75) is 32.4 Å². The van der Waals surface area contributed by atoms with Gasteiger partial charge in [0.2, 0.25) is 11.6 Å². The lowest BCUT2D eigenvalue weighted by Gasteiger charge is -2.12. The van der Waals surface area contributed by atoms with Crippen molar-refractivity contribution >= 4 is 23.5 Å². The fraction of sp³-hybridized carbons (Fsp3) is 0.667. The van der Waals surface area contributed by atoms with E-state index in [4.69, 9.17) is 10.2 Å². The zero-order chi connectivity index (χ0) is 15.9. The fourth-order valence-corrected chi connectivity index (χ4v) is 1.55. The summed E-state index contributed by atoms with van der Waals surface area (Å²) >= 11 is 0. The zero-order valence-corrected chi connectivity index (χ0v) is 11.7. The summed E-state index contributed by atoms with van der Waals surface area (Å²) in [5.41, 5.74) is 0. The van der Waals surface area contributed by atoms with E-state index in [9.17, 15) is 19.2 Å². The number of hydrogen-bond donors (Lipinski definition) is 4. The molecule has 0 amide bonds. The lowest BCUT2D eigenvalue weighted by atomic mass is 10.0. The van der Waals surface area contributed by atoms with Crippen LogP contribution in [0.15, 0.2) is 0 Å². The van der Waals surface area contributed by atoms with Crippen molar-refractivity contribution < 1.29 is 29.4 Å². The monoisotopic (exact) mass is 288 g/mol. The zero-order valence-electron chi connectivity index (χ0n) is 11.7. The quantitative estimate of drug-likeness (QED) is 0.369. The summed E-state index contributed by atoms with van der Waals surface area (Å²) in [5, 5.41) is 21.8. The fourth-order valence-electron chi connectivity index (χ4n) is 1.55. The Labute approximate surface area is 116 Å². The molecule has 0 aromatic heterocycles. The highest BCUT2D eigenvalue weighted by Crippen LogP contribution is 2.03. The van der Waals surface area contributed by atoms with Crippen molar-refractivity contribution in [3.05, 3.63) is 0 Å². The summed E-state index contributed by atoms with van der Waals surface area (Å²) < 4.78 is 0. The Morgan fingerprint density at radius 2 is 1.90 bits per heavy atom. The first-order chi connectivity index (χ1) is 9.20. The molecule has 20 heavy (non-hydrogen) atoms. The van der Waals surface area contributed by atoms with E-state index in [-0.39, 0.29) is 12.6 Å². The number of hydrogen-bond acceptors (Lipinski definition) is 6. The molecule has 114 valence electrons. The van der Waals surface area contributed by atoms with E-state index in [1.165, 1.54) is 0 Å². The Morgan fingerprint density at radius 3 is 2.05 bits per heavy atom. The summed E-state index contributed by atoms with van der Waals surface area (Å²) in [6, 6.07) is -1.70. The molecule has 1 saturated heterocycles. The highest BCUT2D eigenvalue weighted by molar-refractivity contribution is 6.45. The molecule has 0 aliphatic carbocycles. The van der Waals surface area contributed by atoms with Crippen LogP contribution in [0.4, 0.5) is 0 Å². The van der Waals surface area contributed by atoms with Crippen molar-refractivity contribution in [3.8, 4) is 0 Å². The normalized spacial score (nSPS) is 19.5. The lowest BCUT2D eigenvalue weighted by molar-refractivity contribution is -0.144. The van der Waals surface area contributed by atoms with Crippen LogP contribution >= 0.6 is 0 Å². The molecule has 1 fully saturated rings. The Balaban J connectivity index is 0.000000361. The first-order valence-corrected chi connectivity index (χ1v) is 6.14. The SMILES string of the molecule is CN[C@@H](CC(C)C)C(=O)O.O=C1CN[C@H](C(=O)O)C1=O. The molecule has 8 heteroatoms. The van der Waals surface area contributed by atoms with E-state index in [0.29, 0.717) is 12.3 Å². The van der Waals surface area contributed by atoms with Crippen LogP contribution in [0.1, 0.15) is 20.3 Å². The summed E-state index contributed by atoms with van der Waals surface area (Å²) in [7, 11) is 1.67. The van der Waals surface area contributed by atoms with Crippen molar-refractivity contribution in [2.75, 3.05) is 13.6 Å². The topological polar surface area (TPSA) is 133 Å². The maximum absolute atomic E-state index is 10.6. The van der Waals surface area contributed by atoms with Gasteiger partial charge in [0.05, 0.1) is 6.54 Å². The van der Waals surface area contributed by atoms with Crippen molar-refractivity contribution in [2.24, 2.45) is 5.92 Å². The smallest absolute Gasteiger partial charge is 0.329 e. The average molecular weight is 288 g/mol. The molecule has 0 aromatic rings. The van der Waals surface area contributed by atoms with Gasteiger partial charge in [0.15, 0.2) is 6.04 Å². The Kier molecular flexibility index (Phi) is 7.63. The van der Waals surface area contributed by atoms with Crippen LogP contribution in [0.2, 0.25) is 0 Å². The minimum atomic E-state index is -1.31. The molecule has 1 aliphatic heterocycles. The third-order valence-electron chi connectivity index (χ3n) is 2.60. The maximum atomic E-state index is 10.6. The van der Waals surface area contributed by atoms with Crippen LogP contribution in [0.25, 0.3) is 0 Å². The van der Waals surface area contributed by atoms with Gasteiger partial charge >= 0.3 is 11.9 Å². The summed E-state index contributed by atoms with van der Waals surface area (Å²) in [4.78, 5) is 41.5. The number of carboxylic acid groups (broad SMARTS) is 2. The average Bonchev–Trinajstić information content (AvgIpc) is 2.67. The molecule has 1 rings (SSSR count). The van der Waals surface area contributed by atoms with E-state index >= 15 is 0 Å². The molecule has 1 heterocycles. The minimum Gasteiger partial charge on any atom is -0.480 e. The molecule has 4 N–H and O–H groups in total. The summed E-state index contributed by atoms with van der Waals surface area (Å²) in [6.45, 7) is 3.86. The third-order valence-corrected chi connectivity index (χ3v) is 2.60. The number of carbonyl (C=O) groups is 4. The molecule has 0 spiro atoms. The molecule has 0 saturated carbocycles. The molecule has 1 aliphatic rings. The van der Waals surface area contributed by atoms with Crippen LogP contribution < -0.4 is 10.6 Å². The molecule has 0 bridgehead atoms. The van der Waals surface area contributed by atoms with Crippen LogP contribution in [0.3, 0.4) is 0 Å². The number of aliphatic carboxylic acids is 2. The van der Waals surface area contributed by atoms with Crippen LogP contribution in [0.5, 0.6) is 0 Å². The number of ketones is 2. The van der Waals surface area contributed by atoms with Gasteiger partial charge in [0.1, 0.15) is 6.04 Å². The Hall–Kier alpha value is -1.80. The molecule has 0 aromatic carbocycles. The largest absolute Gasteiger partial charge is 0.480 e. The second-order valence-corrected chi connectivity index (χ2v) is 4.75. The molecular weight excluding hydrogens is 268 g/mol. The number of likely N-dealkylation sites (N-methyl/N-ethyl adjacent to an activating group) is 1. The van der Waals surface area contributed by atoms with E-state index in [2.05, 4.69) is 10.6 Å². The number of rotatable bonds is 5. The van der Waals surface area contributed by atoms with Crippen molar-refractivity contribution in [1.82, 2.24) is 10.6 Å². The van der Waals surface area contributed by atoms with Gasteiger partial charge in [-0.05, 0) is 19.4 Å². The molecule has 0 radical (unpaired) electrons. The summed E-state index contributed by atoms with van der Waals surface area (Å²) in [6.07, 6.45) is 0.686. The number of nitrogens with one attached hydrogen (secondary N) is 2. The van der Waals surface area contributed by atoms with Gasteiger partial charge < -0.3 is 15.5 Å². The molecule has 8 nitrogen and oxygen atoms in total. The van der Waals surface area contributed by atoms with E-state index in [1.807, 2.05) is 13.8 Å². The van der Waals surface area contributed by atoms with Gasteiger partial charge in [0.25, 0.3) is 0 Å².